The topological polar surface area (TPSA) is 169 Å². The Morgan fingerprint density at radius 2 is 1.45 bits per heavy atom. The van der Waals surface area contributed by atoms with E-state index in [4.69, 9.17) is 28.7 Å². The number of rotatable bonds is 27. The van der Waals surface area contributed by atoms with Crippen LogP contribution in [0.4, 0.5) is 22.7 Å². The molecule has 0 saturated heterocycles. The van der Waals surface area contributed by atoms with Crippen molar-refractivity contribution in [2.45, 2.75) is 103 Å². The second kappa shape index (κ2) is 26.4. The number of carbonyl (C=O) groups is 5. The van der Waals surface area contributed by atoms with Crippen molar-refractivity contribution in [2.24, 2.45) is 4.99 Å². The van der Waals surface area contributed by atoms with Gasteiger partial charge in [-0.2, -0.15) is 0 Å². The maximum absolute atomic E-state index is 14.3. The number of ether oxygens (including phenoxy) is 5. The highest BCUT2D eigenvalue weighted by Crippen LogP contribution is 2.43. The van der Waals surface area contributed by atoms with Gasteiger partial charge in [-0.05, 0) is 135 Å². The Morgan fingerprint density at radius 1 is 0.768 bits per heavy atom. The Kier molecular flexibility index (Phi) is 18.7. The van der Waals surface area contributed by atoms with Gasteiger partial charge in [-0.1, -0.05) is 64.9 Å². The average Bonchev–Trinajstić information content (AvgIpc) is 4.32. The first kappa shape index (κ1) is 58.1. The highest BCUT2D eigenvalue weighted by molar-refractivity contribution is 8.77. The average molecular weight is 1150 g/mol. The second-order valence-electron chi connectivity index (χ2n) is 21.9. The van der Waals surface area contributed by atoms with E-state index < -0.39 is 0 Å². The summed E-state index contributed by atoms with van der Waals surface area (Å²) in [6.45, 7) is 12.6. The molecule has 1 N–H and O–H groups in total. The highest BCUT2D eigenvalue weighted by atomic mass is 33.1. The summed E-state index contributed by atoms with van der Waals surface area (Å²) in [6, 6.07) is 30.1. The van der Waals surface area contributed by atoms with Gasteiger partial charge in [0.05, 0.1) is 44.2 Å². The van der Waals surface area contributed by atoms with E-state index in [9.17, 15) is 24.0 Å². The number of methoxy groups -OCH3 is 1. The molecule has 2 atom stereocenters. The molecular formula is C64H72N6O10S2. The summed E-state index contributed by atoms with van der Waals surface area (Å²) in [5.41, 5.74) is 10.5. The molecule has 5 aromatic rings. The molecule has 0 bridgehead atoms. The molecule has 5 amide bonds. The zero-order valence-corrected chi connectivity index (χ0v) is 49.0. The number of nitrogens with zero attached hydrogens (tertiary/aromatic N) is 5. The molecule has 5 heterocycles. The van der Waals surface area contributed by atoms with Crippen molar-refractivity contribution >= 4 is 80.1 Å². The molecule has 0 spiro atoms. The fourth-order valence-corrected chi connectivity index (χ4v) is 13.9. The Hall–Kier alpha value is -7.12. The number of amides is 5. The number of nitrogens with one attached hydrogen (secondary N) is 1. The van der Waals surface area contributed by atoms with Crippen LogP contribution in [0, 0.1) is 6.92 Å². The molecule has 5 aliphatic rings. The number of imide groups is 1. The van der Waals surface area contributed by atoms with Gasteiger partial charge in [0.15, 0.2) is 11.5 Å². The third kappa shape index (κ3) is 13.5. The van der Waals surface area contributed by atoms with Crippen molar-refractivity contribution in [2.75, 3.05) is 80.2 Å². The quantitative estimate of drug-likeness (QED) is 0.0300. The van der Waals surface area contributed by atoms with Crippen molar-refractivity contribution < 1.29 is 47.7 Å². The van der Waals surface area contributed by atoms with E-state index in [0.29, 0.717) is 81.5 Å². The van der Waals surface area contributed by atoms with Gasteiger partial charge in [-0.25, -0.2) is 0 Å². The number of aliphatic imine (C=N–C) groups is 1. The summed E-state index contributed by atoms with van der Waals surface area (Å²) in [5, 5.41) is 2.83. The maximum atomic E-state index is 14.3. The van der Waals surface area contributed by atoms with E-state index >= 15 is 0 Å². The number of aryl methyl sites for hydroxylation is 2. The van der Waals surface area contributed by atoms with E-state index in [1.807, 2.05) is 59.3 Å². The molecule has 82 heavy (non-hydrogen) atoms. The van der Waals surface area contributed by atoms with Crippen molar-refractivity contribution in [3.8, 4) is 17.2 Å². The minimum atomic E-state index is -0.365. The molecule has 10 rings (SSSR count). The Labute approximate surface area is 488 Å². The SMILES string of the molecule is CCCOCCOCCN(CC(C)(C)SSCCCC(=O)NCCN1C(=O)C=CC1=O)c1cc(COc2cc3c(cc2C)C(=O)N2c4ccccc4C[C@H]2CC3)cc(COc2cc3c(cc2OC)C(=O)N2c4ccccc4C[C@H]2C=N3)c1. The van der Waals surface area contributed by atoms with Crippen LogP contribution in [0.25, 0.3) is 0 Å². The molecule has 16 nitrogen and oxygen atoms in total. The minimum absolute atomic E-state index is 0.0346. The van der Waals surface area contributed by atoms with Gasteiger partial charge in [0, 0.05) is 109 Å². The van der Waals surface area contributed by atoms with Gasteiger partial charge < -0.3 is 38.8 Å². The Bertz CT molecular complexity index is 3260. The van der Waals surface area contributed by atoms with Crippen molar-refractivity contribution in [3.63, 3.8) is 0 Å². The van der Waals surface area contributed by atoms with Crippen molar-refractivity contribution in [1.82, 2.24) is 10.2 Å². The Balaban J connectivity index is 0.880. The molecule has 0 saturated carbocycles. The largest absolute Gasteiger partial charge is 0.493 e. The first-order chi connectivity index (χ1) is 39.8. The van der Waals surface area contributed by atoms with Crippen molar-refractivity contribution in [3.05, 3.63) is 148 Å². The number of para-hydroxylation sites is 2. The third-order valence-corrected chi connectivity index (χ3v) is 18.6. The highest BCUT2D eigenvalue weighted by Gasteiger charge is 2.39. The summed E-state index contributed by atoms with van der Waals surface area (Å²) in [5.74, 6) is 1.37. The molecular weight excluding hydrogens is 1080 g/mol. The zero-order chi connectivity index (χ0) is 57.3. The maximum Gasteiger partial charge on any atom is 0.261 e. The molecule has 0 unspecified atom stereocenters. The molecule has 430 valence electrons. The molecule has 0 radical (unpaired) electrons. The number of hydrogen-bond donors (Lipinski definition) is 1. The van der Waals surface area contributed by atoms with Crippen LogP contribution in [0.3, 0.4) is 0 Å². The van der Waals surface area contributed by atoms with Gasteiger partial charge in [0.25, 0.3) is 23.6 Å². The van der Waals surface area contributed by atoms with E-state index in [1.54, 1.807) is 40.8 Å². The summed E-state index contributed by atoms with van der Waals surface area (Å²) >= 11 is 0. The van der Waals surface area contributed by atoms with Crippen LogP contribution in [0.5, 0.6) is 17.2 Å². The van der Waals surface area contributed by atoms with Gasteiger partial charge in [0.2, 0.25) is 5.91 Å². The van der Waals surface area contributed by atoms with E-state index in [2.05, 4.69) is 73.5 Å². The number of carbonyl (C=O) groups excluding carboxylic acids is 5. The number of hydrogen-bond acceptors (Lipinski definition) is 14. The van der Waals surface area contributed by atoms with Crippen LogP contribution in [-0.4, -0.2) is 123 Å². The van der Waals surface area contributed by atoms with E-state index in [1.165, 1.54) is 17.7 Å². The Morgan fingerprint density at radius 3 is 2.18 bits per heavy atom. The minimum Gasteiger partial charge on any atom is -0.493 e. The van der Waals surface area contributed by atoms with Gasteiger partial charge in [-0.15, -0.1) is 0 Å². The third-order valence-electron chi connectivity index (χ3n) is 15.3. The lowest BCUT2D eigenvalue weighted by Crippen LogP contribution is -2.38. The first-order valence-electron chi connectivity index (χ1n) is 28.4. The summed E-state index contributed by atoms with van der Waals surface area (Å²) in [7, 11) is 5.06. The first-order valence-corrected chi connectivity index (χ1v) is 30.7. The molecule has 0 fully saturated rings. The smallest absolute Gasteiger partial charge is 0.261 e. The molecule has 0 aromatic heterocycles. The lowest BCUT2D eigenvalue weighted by atomic mass is 9.98. The monoisotopic (exact) mass is 1150 g/mol. The molecule has 0 aliphatic carbocycles. The van der Waals surface area contributed by atoms with Gasteiger partial charge in [-0.3, -0.25) is 38.8 Å². The molecule has 5 aromatic carbocycles. The predicted octanol–water partition coefficient (Wildman–Crippen LogP) is 10.2. The lowest BCUT2D eigenvalue weighted by molar-refractivity contribution is -0.137. The van der Waals surface area contributed by atoms with Crippen LogP contribution in [0.15, 0.2) is 108 Å². The summed E-state index contributed by atoms with van der Waals surface area (Å²) in [6.07, 6.45) is 9.40. The summed E-state index contributed by atoms with van der Waals surface area (Å²) < 4.78 is 31.0. The van der Waals surface area contributed by atoms with E-state index in [0.717, 1.165) is 92.5 Å². The van der Waals surface area contributed by atoms with Crippen LogP contribution >= 0.6 is 21.6 Å². The molecule has 5 aliphatic heterocycles. The standard InChI is InChI=1S/C64H72N6O10S2/c1-6-24-77-26-27-78-25-23-67(41-64(3,4)82-81-28-11-16-59(71)65-21-22-68-60(72)19-20-61(68)73)49-31-43(39-79-56-35-45-17-18-48-33-46-12-7-9-14-54(46)69(48)62(74)51(45)29-42(56)2)30-44(32-49)40-80-58-37-53-52(36-57(58)76-5)63(75)70-50(38-66-53)34-47-13-8-10-15-55(47)70/h7-10,12-15,19-20,29-32,35-38,48,50H,6,11,16-18,21-28,33-34,39-41H2,1-5H3,(H,65,71)/t48-,50+/m1/s1. The lowest BCUT2D eigenvalue weighted by Gasteiger charge is -2.34. The number of anilines is 3. The predicted molar refractivity (Wildman–Crippen MR) is 324 cm³/mol. The number of benzene rings is 5. The second-order valence-corrected chi connectivity index (χ2v) is 25.0. The molecule has 18 heteroatoms. The van der Waals surface area contributed by atoms with Crippen LogP contribution in [0.1, 0.15) is 101 Å². The van der Waals surface area contributed by atoms with Crippen molar-refractivity contribution in [1.29, 1.82) is 0 Å². The van der Waals surface area contributed by atoms with Crippen LogP contribution < -0.4 is 34.2 Å². The fraction of sp³-hybridized carbons (Fsp3) is 0.406. The van der Waals surface area contributed by atoms with E-state index in [-0.39, 0.29) is 72.7 Å². The normalized spacial score (nSPS) is 16.8. The number of fused-ring (bicyclic) bond motifs is 8. The van der Waals surface area contributed by atoms with Crippen LogP contribution in [-0.2, 0) is 56.3 Å². The van der Waals surface area contributed by atoms with Crippen LogP contribution in [0.2, 0.25) is 0 Å². The summed E-state index contributed by atoms with van der Waals surface area (Å²) in [4.78, 5) is 77.1. The fourth-order valence-electron chi connectivity index (χ4n) is 11.3. The zero-order valence-electron chi connectivity index (χ0n) is 47.4. The van der Waals surface area contributed by atoms with Gasteiger partial charge >= 0.3 is 0 Å². The van der Waals surface area contributed by atoms with Gasteiger partial charge in [0.1, 0.15) is 19.0 Å².